The molecule has 0 saturated carbocycles. The van der Waals surface area contributed by atoms with Crippen molar-refractivity contribution in [1.29, 1.82) is 0 Å². The van der Waals surface area contributed by atoms with Crippen LogP contribution in [0, 0.1) is 0 Å². The third-order valence-corrected chi connectivity index (χ3v) is 4.60. The number of hydrogen-bond acceptors (Lipinski definition) is 5. The fourth-order valence-electron chi connectivity index (χ4n) is 2.43. The van der Waals surface area contributed by atoms with Gasteiger partial charge in [-0.25, -0.2) is 0 Å². The molecule has 0 atom stereocenters. The highest BCUT2D eigenvalue weighted by Gasteiger charge is 2.27. The first kappa shape index (κ1) is 16.9. The Hall–Kier alpha value is -1.44. The first-order valence-corrected chi connectivity index (χ1v) is 8.48. The minimum Gasteiger partial charge on any atom is -0.336 e. The lowest BCUT2D eigenvalue weighted by Crippen LogP contribution is -2.52. The van der Waals surface area contributed by atoms with Gasteiger partial charge in [0.1, 0.15) is 0 Å². The van der Waals surface area contributed by atoms with Crippen LogP contribution in [0.15, 0.2) is 16.8 Å². The summed E-state index contributed by atoms with van der Waals surface area (Å²) in [6.07, 6.45) is 0. The first-order valence-electron chi connectivity index (χ1n) is 7.54. The van der Waals surface area contributed by atoms with Crippen LogP contribution >= 0.6 is 11.3 Å². The van der Waals surface area contributed by atoms with Gasteiger partial charge in [-0.15, -0.1) is 0 Å². The number of nitrogens with one attached hydrogen (secondary N) is 1. The fourth-order valence-corrected chi connectivity index (χ4v) is 3.09. The summed E-state index contributed by atoms with van der Waals surface area (Å²) in [5.41, 5.74) is 1.31. The number of nitrogens with zero attached hydrogens (tertiary/aromatic N) is 3. The van der Waals surface area contributed by atoms with Crippen molar-refractivity contribution in [3.63, 3.8) is 0 Å². The molecule has 0 bridgehead atoms. The van der Waals surface area contributed by atoms with E-state index in [0.717, 1.165) is 19.6 Å². The van der Waals surface area contributed by atoms with Gasteiger partial charge in [-0.2, -0.15) is 11.3 Å². The SMILES string of the molecule is CNCCN(C)C(=O)C(=O)N1CCN(Cc2ccsc2)CC1. The molecule has 2 rings (SSSR count). The second-order valence-corrected chi connectivity index (χ2v) is 6.31. The zero-order chi connectivity index (χ0) is 15.9. The van der Waals surface area contributed by atoms with Gasteiger partial charge in [-0.3, -0.25) is 14.5 Å². The standard InChI is InChI=1S/C15H24N4O2S/c1-16-4-5-17(2)14(20)15(21)19-8-6-18(7-9-19)11-13-3-10-22-12-13/h3,10,12,16H,4-9,11H2,1-2H3. The van der Waals surface area contributed by atoms with Crippen LogP contribution < -0.4 is 5.32 Å². The zero-order valence-corrected chi connectivity index (χ0v) is 14.1. The van der Waals surface area contributed by atoms with Gasteiger partial charge in [0.05, 0.1) is 0 Å². The van der Waals surface area contributed by atoms with Crippen molar-refractivity contribution < 1.29 is 9.59 Å². The van der Waals surface area contributed by atoms with Crippen LogP contribution in [-0.4, -0.2) is 79.9 Å². The molecule has 1 fully saturated rings. The van der Waals surface area contributed by atoms with Gasteiger partial charge in [0.25, 0.3) is 0 Å². The summed E-state index contributed by atoms with van der Waals surface area (Å²) in [6, 6.07) is 2.13. The molecule has 0 radical (unpaired) electrons. The van der Waals surface area contributed by atoms with Crippen molar-refractivity contribution >= 4 is 23.2 Å². The van der Waals surface area contributed by atoms with Gasteiger partial charge in [-0.05, 0) is 29.4 Å². The van der Waals surface area contributed by atoms with Crippen LogP contribution in [0.2, 0.25) is 0 Å². The number of rotatable bonds is 5. The molecule has 1 aliphatic heterocycles. The van der Waals surface area contributed by atoms with E-state index in [2.05, 4.69) is 27.0 Å². The third kappa shape index (κ3) is 4.53. The molecule has 2 amide bonds. The Morgan fingerprint density at radius 1 is 1.32 bits per heavy atom. The normalized spacial score (nSPS) is 15.8. The van der Waals surface area contributed by atoms with Gasteiger partial charge in [0.2, 0.25) is 0 Å². The average Bonchev–Trinajstić information content (AvgIpc) is 3.05. The van der Waals surface area contributed by atoms with Gasteiger partial charge < -0.3 is 15.1 Å². The Balaban J connectivity index is 1.78. The highest BCUT2D eigenvalue weighted by atomic mass is 32.1. The number of hydrogen-bond donors (Lipinski definition) is 1. The summed E-state index contributed by atoms with van der Waals surface area (Å²) in [5.74, 6) is -0.796. The summed E-state index contributed by atoms with van der Waals surface area (Å²) >= 11 is 1.70. The molecule has 1 N–H and O–H groups in total. The third-order valence-electron chi connectivity index (χ3n) is 3.87. The van der Waals surface area contributed by atoms with Crippen molar-refractivity contribution in [1.82, 2.24) is 20.0 Å². The molecule has 2 heterocycles. The highest BCUT2D eigenvalue weighted by molar-refractivity contribution is 7.07. The molecule has 6 nitrogen and oxygen atoms in total. The maximum atomic E-state index is 12.2. The topological polar surface area (TPSA) is 55.9 Å². The van der Waals surface area contributed by atoms with E-state index in [1.165, 1.54) is 10.5 Å². The van der Waals surface area contributed by atoms with Crippen LogP contribution in [0.3, 0.4) is 0 Å². The van der Waals surface area contributed by atoms with Crippen molar-refractivity contribution in [2.75, 3.05) is 53.4 Å². The highest BCUT2D eigenvalue weighted by Crippen LogP contribution is 2.12. The van der Waals surface area contributed by atoms with E-state index in [0.29, 0.717) is 26.2 Å². The number of amides is 2. The predicted molar refractivity (Wildman–Crippen MR) is 87.7 cm³/mol. The number of likely N-dealkylation sites (N-methyl/N-ethyl adjacent to an activating group) is 2. The van der Waals surface area contributed by atoms with Crippen LogP contribution in [0.4, 0.5) is 0 Å². The van der Waals surface area contributed by atoms with Crippen LogP contribution in [0.1, 0.15) is 5.56 Å². The maximum Gasteiger partial charge on any atom is 0.312 e. The maximum absolute atomic E-state index is 12.2. The summed E-state index contributed by atoms with van der Waals surface area (Å²) in [4.78, 5) is 29.8. The number of piperazine rings is 1. The monoisotopic (exact) mass is 324 g/mol. The quantitative estimate of drug-likeness (QED) is 0.779. The number of carbonyl (C=O) groups excluding carboxylic acids is 2. The van der Waals surface area contributed by atoms with E-state index < -0.39 is 5.91 Å². The molecular weight excluding hydrogens is 300 g/mol. The van der Waals surface area contributed by atoms with Crippen molar-refractivity contribution in [3.05, 3.63) is 22.4 Å². The molecule has 0 unspecified atom stereocenters. The molecule has 1 saturated heterocycles. The zero-order valence-electron chi connectivity index (χ0n) is 13.2. The number of carbonyl (C=O) groups is 2. The van der Waals surface area contributed by atoms with E-state index in [-0.39, 0.29) is 5.91 Å². The lowest BCUT2D eigenvalue weighted by atomic mass is 10.2. The summed E-state index contributed by atoms with van der Waals surface area (Å²) < 4.78 is 0. The molecule has 0 spiro atoms. The van der Waals surface area contributed by atoms with Crippen molar-refractivity contribution in [2.24, 2.45) is 0 Å². The van der Waals surface area contributed by atoms with Crippen LogP contribution in [-0.2, 0) is 16.1 Å². The van der Waals surface area contributed by atoms with Gasteiger partial charge >= 0.3 is 11.8 Å². The smallest absolute Gasteiger partial charge is 0.312 e. The van der Waals surface area contributed by atoms with Crippen molar-refractivity contribution in [3.8, 4) is 0 Å². The fraction of sp³-hybridized carbons (Fsp3) is 0.600. The minimum atomic E-state index is -0.415. The molecule has 1 aromatic heterocycles. The van der Waals surface area contributed by atoms with E-state index in [4.69, 9.17) is 0 Å². The first-order chi connectivity index (χ1) is 10.6. The van der Waals surface area contributed by atoms with Crippen LogP contribution in [0.25, 0.3) is 0 Å². The molecular formula is C15H24N4O2S. The van der Waals surface area contributed by atoms with Gasteiger partial charge in [0.15, 0.2) is 0 Å². The Labute approximate surface area is 135 Å². The molecule has 122 valence electrons. The Morgan fingerprint density at radius 2 is 2.05 bits per heavy atom. The molecule has 1 aromatic rings. The second-order valence-electron chi connectivity index (χ2n) is 5.53. The Morgan fingerprint density at radius 3 is 2.64 bits per heavy atom. The van der Waals surface area contributed by atoms with E-state index >= 15 is 0 Å². The van der Waals surface area contributed by atoms with E-state index in [1.807, 2.05) is 7.05 Å². The second kappa shape index (κ2) is 8.26. The molecule has 0 aromatic carbocycles. The number of thiophene rings is 1. The molecule has 22 heavy (non-hydrogen) atoms. The van der Waals surface area contributed by atoms with Crippen molar-refractivity contribution in [2.45, 2.75) is 6.54 Å². The predicted octanol–water partition coefficient (Wildman–Crippen LogP) is 0.0701. The molecule has 7 heteroatoms. The molecule has 0 aliphatic carbocycles. The summed E-state index contributed by atoms with van der Waals surface area (Å²) in [6.45, 7) is 5.01. The lowest BCUT2D eigenvalue weighted by Gasteiger charge is -2.34. The average molecular weight is 324 g/mol. The van der Waals surface area contributed by atoms with Gasteiger partial charge in [0, 0.05) is 52.9 Å². The van der Waals surface area contributed by atoms with Crippen LogP contribution in [0.5, 0.6) is 0 Å². The van der Waals surface area contributed by atoms with E-state index in [9.17, 15) is 9.59 Å². The summed E-state index contributed by atoms with van der Waals surface area (Å²) in [5, 5.41) is 7.20. The van der Waals surface area contributed by atoms with E-state index in [1.54, 1.807) is 23.3 Å². The minimum absolute atomic E-state index is 0.381. The van der Waals surface area contributed by atoms with Gasteiger partial charge in [-0.1, -0.05) is 0 Å². The summed E-state index contributed by atoms with van der Waals surface area (Å²) in [7, 11) is 3.50. The Kier molecular flexibility index (Phi) is 6.35. The lowest BCUT2D eigenvalue weighted by molar-refractivity contribution is -0.152. The molecule has 1 aliphatic rings. The largest absolute Gasteiger partial charge is 0.336 e. The Bertz CT molecular complexity index is 484.